The van der Waals surface area contributed by atoms with Crippen LogP contribution in [0, 0.1) is 0 Å². The molecule has 1 aliphatic heterocycles. The fourth-order valence-corrected chi connectivity index (χ4v) is 6.50. The molecule has 0 radical (unpaired) electrons. The number of ether oxygens (including phenoxy) is 1. The van der Waals surface area contributed by atoms with Crippen LogP contribution in [-0.2, 0) is 16.9 Å². The molecule has 1 aliphatic rings. The molecule has 8 heteroatoms. The predicted molar refractivity (Wildman–Crippen MR) is 177 cm³/mol. The zero-order chi connectivity index (χ0) is 31.3. The lowest BCUT2D eigenvalue weighted by molar-refractivity contribution is 0.0730. The van der Waals surface area contributed by atoms with Crippen molar-refractivity contribution in [3.63, 3.8) is 0 Å². The van der Waals surface area contributed by atoms with Crippen LogP contribution in [0.2, 0.25) is 0 Å². The highest BCUT2D eigenvalue weighted by Crippen LogP contribution is 2.43. The Kier molecular flexibility index (Phi) is 8.16. The molecule has 1 amide bonds. The average Bonchev–Trinajstić information content (AvgIpc) is 3.56. The molecule has 7 nitrogen and oxygen atoms in total. The third-order valence-electron chi connectivity index (χ3n) is 8.73. The number of nitrogens with zero attached hydrogens (tertiary/aromatic N) is 4. The zero-order valence-electron chi connectivity index (χ0n) is 25.2. The van der Waals surface area contributed by atoms with Gasteiger partial charge in [-0.15, -0.1) is 0 Å². The number of anilines is 1. The van der Waals surface area contributed by atoms with E-state index in [1.807, 2.05) is 97.2 Å². The maximum Gasteiger partial charge on any atom is 0.410 e. The molecule has 0 bridgehead atoms. The number of hydrogen-bond acceptors (Lipinski definition) is 5. The number of alkyl halides is 1. The van der Waals surface area contributed by atoms with Crippen molar-refractivity contribution >= 4 is 22.9 Å². The number of carbonyl (C=O) groups is 1. The Hall–Kier alpha value is -5.50. The Morgan fingerprint density at radius 3 is 1.96 bits per heavy atom. The third kappa shape index (κ3) is 5.47. The van der Waals surface area contributed by atoms with Crippen molar-refractivity contribution in [1.29, 1.82) is 0 Å². The van der Waals surface area contributed by atoms with Gasteiger partial charge in [-0.2, -0.15) is 0 Å². The molecule has 46 heavy (non-hydrogen) atoms. The van der Waals surface area contributed by atoms with E-state index in [4.69, 9.17) is 9.72 Å². The Labute approximate surface area is 267 Å². The number of carbonyl (C=O) groups excluding carboxylic acids is 1. The van der Waals surface area contributed by atoms with Crippen LogP contribution in [0.1, 0.15) is 28.7 Å². The molecule has 0 saturated carbocycles. The van der Waals surface area contributed by atoms with E-state index in [9.17, 15) is 4.79 Å². The molecule has 0 aliphatic carbocycles. The van der Waals surface area contributed by atoms with Gasteiger partial charge in [0.2, 0.25) is 0 Å². The van der Waals surface area contributed by atoms with Crippen LogP contribution in [0.4, 0.5) is 15.0 Å². The number of piperidine rings is 1. The highest BCUT2D eigenvalue weighted by molar-refractivity contribution is 5.88. The zero-order valence-corrected chi connectivity index (χ0v) is 25.2. The minimum Gasteiger partial charge on any atom is -0.445 e. The summed E-state index contributed by atoms with van der Waals surface area (Å²) in [6.45, 7) is 0.610. The van der Waals surface area contributed by atoms with E-state index in [-0.39, 0.29) is 26.1 Å². The first-order valence-electron chi connectivity index (χ1n) is 15.5. The smallest absolute Gasteiger partial charge is 0.410 e. The number of halogens is 1. The molecule has 1 saturated heterocycles. The number of rotatable bonds is 8. The van der Waals surface area contributed by atoms with Gasteiger partial charge in [-0.3, -0.25) is 0 Å². The van der Waals surface area contributed by atoms with Gasteiger partial charge in [-0.1, -0.05) is 121 Å². The number of nitrogens with one attached hydrogen (secondary N) is 1. The average molecular weight is 612 g/mol. The first kappa shape index (κ1) is 29.2. The second kappa shape index (κ2) is 12.9. The summed E-state index contributed by atoms with van der Waals surface area (Å²) in [6.07, 6.45) is 2.11. The molecule has 3 heterocycles. The van der Waals surface area contributed by atoms with Crippen LogP contribution in [0.25, 0.3) is 11.0 Å². The molecular formula is C38H34FN5O2. The summed E-state index contributed by atoms with van der Waals surface area (Å²) in [5.74, 6) is 0.513. The second-order valence-corrected chi connectivity index (χ2v) is 11.5. The Bertz CT molecular complexity index is 1800. The highest BCUT2D eigenvalue weighted by atomic mass is 19.1. The summed E-state index contributed by atoms with van der Waals surface area (Å²) in [6, 6.07) is 41.9. The van der Waals surface area contributed by atoms with E-state index in [0.29, 0.717) is 11.5 Å². The fraction of sp³-hybridized carbons (Fsp3) is 0.184. The van der Waals surface area contributed by atoms with Gasteiger partial charge in [0.25, 0.3) is 0 Å². The van der Waals surface area contributed by atoms with Crippen molar-refractivity contribution in [2.75, 3.05) is 18.4 Å². The van der Waals surface area contributed by atoms with Gasteiger partial charge in [0.05, 0.1) is 11.4 Å². The molecule has 7 rings (SSSR count). The number of hydrogen-bond donors (Lipinski definition) is 1. The number of likely N-dealkylation sites (tertiary alicyclic amines) is 1. The molecule has 0 unspecified atom stereocenters. The van der Waals surface area contributed by atoms with Crippen LogP contribution in [0.15, 0.2) is 140 Å². The third-order valence-corrected chi connectivity index (χ3v) is 8.73. The van der Waals surface area contributed by atoms with Crippen molar-refractivity contribution in [3.05, 3.63) is 162 Å². The largest absolute Gasteiger partial charge is 0.445 e. The summed E-state index contributed by atoms with van der Waals surface area (Å²) in [5, 5.41) is 4.08. The van der Waals surface area contributed by atoms with E-state index in [1.165, 1.54) is 6.33 Å². The maximum atomic E-state index is 15.4. The standard InChI is InChI=1S/C38H34FN5O2/c39-33-22-23-43(37(45)46-26-28-13-5-1-6-14-28)25-34(33)42-35-32-21-24-44(36(32)41-27-40-35)38(29-15-7-2-8-16-29,30-17-9-3-10-18-30)31-19-11-4-12-20-31/h1-21,24,27,33-34H,22-23,25-26H2,(H,40,41,42)/t33-,34+/m1/s1. The maximum absolute atomic E-state index is 15.4. The summed E-state index contributed by atoms with van der Waals surface area (Å²) >= 11 is 0. The molecule has 230 valence electrons. The van der Waals surface area contributed by atoms with Crippen molar-refractivity contribution in [2.24, 2.45) is 0 Å². The van der Waals surface area contributed by atoms with E-state index >= 15 is 4.39 Å². The lowest BCUT2D eigenvalue weighted by Crippen LogP contribution is -2.51. The van der Waals surface area contributed by atoms with E-state index in [2.05, 4.69) is 51.3 Å². The molecule has 0 spiro atoms. The monoisotopic (exact) mass is 611 g/mol. The van der Waals surface area contributed by atoms with Crippen LogP contribution in [0.5, 0.6) is 0 Å². The lowest BCUT2D eigenvalue weighted by atomic mass is 9.76. The van der Waals surface area contributed by atoms with Crippen molar-refractivity contribution in [3.8, 4) is 0 Å². The first-order chi connectivity index (χ1) is 22.6. The van der Waals surface area contributed by atoms with Gasteiger partial charge in [0, 0.05) is 19.3 Å². The number of aromatic nitrogens is 3. The number of amides is 1. The predicted octanol–water partition coefficient (Wildman–Crippen LogP) is 7.43. The topological polar surface area (TPSA) is 72.3 Å². The summed E-state index contributed by atoms with van der Waals surface area (Å²) in [5.41, 5.74) is 4.04. The highest BCUT2D eigenvalue weighted by Gasteiger charge is 2.40. The second-order valence-electron chi connectivity index (χ2n) is 11.5. The molecule has 2 aromatic heterocycles. The van der Waals surface area contributed by atoms with Gasteiger partial charge in [-0.25, -0.2) is 19.2 Å². The lowest BCUT2D eigenvalue weighted by Gasteiger charge is -2.38. The molecule has 6 aromatic rings. The van der Waals surface area contributed by atoms with Gasteiger partial charge in [-0.05, 0) is 34.7 Å². The normalized spacial score (nSPS) is 16.7. The minimum absolute atomic E-state index is 0.156. The van der Waals surface area contributed by atoms with Crippen LogP contribution >= 0.6 is 0 Å². The van der Waals surface area contributed by atoms with Gasteiger partial charge < -0.3 is 19.5 Å². The summed E-state index contributed by atoms with van der Waals surface area (Å²) in [7, 11) is 0. The van der Waals surface area contributed by atoms with Crippen molar-refractivity contribution < 1.29 is 13.9 Å². The number of fused-ring (bicyclic) bond motifs is 1. The quantitative estimate of drug-likeness (QED) is 0.181. The van der Waals surface area contributed by atoms with Crippen molar-refractivity contribution in [1.82, 2.24) is 19.4 Å². The van der Waals surface area contributed by atoms with Gasteiger partial charge in [0.1, 0.15) is 36.1 Å². The van der Waals surface area contributed by atoms with Gasteiger partial charge >= 0.3 is 6.09 Å². The van der Waals surface area contributed by atoms with E-state index in [0.717, 1.165) is 27.6 Å². The molecule has 4 aromatic carbocycles. The molecule has 1 fully saturated rings. The van der Waals surface area contributed by atoms with E-state index < -0.39 is 23.8 Å². The molecule has 1 N–H and O–H groups in total. The summed E-state index contributed by atoms with van der Waals surface area (Å²) < 4.78 is 23.1. The molecular weight excluding hydrogens is 577 g/mol. The van der Waals surface area contributed by atoms with Crippen LogP contribution in [0.3, 0.4) is 0 Å². The fourth-order valence-electron chi connectivity index (χ4n) is 6.50. The van der Waals surface area contributed by atoms with Gasteiger partial charge in [0.15, 0.2) is 0 Å². The van der Waals surface area contributed by atoms with Crippen molar-refractivity contribution in [2.45, 2.75) is 30.8 Å². The van der Waals surface area contributed by atoms with E-state index in [1.54, 1.807) is 4.90 Å². The Morgan fingerprint density at radius 1 is 0.804 bits per heavy atom. The SMILES string of the molecule is O=C(OCc1ccccc1)N1CC[C@@H](F)[C@@H](Nc2ncnc3c2ccn3C(c2ccccc2)(c2ccccc2)c2ccccc2)C1. The molecule has 2 atom stereocenters. The first-order valence-corrected chi connectivity index (χ1v) is 15.5. The van der Waals surface area contributed by atoms with Crippen LogP contribution in [-0.4, -0.2) is 50.8 Å². The Balaban J connectivity index is 1.24. The minimum atomic E-state index is -1.16. The number of benzene rings is 4. The Morgan fingerprint density at radius 2 is 1.37 bits per heavy atom. The summed E-state index contributed by atoms with van der Waals surface area (Å²) in [4.78, 5) is 23.8. The van der Waals surface area contributed by atoms with Crippen LogP contribution < -0.4 is 5.32 Å².